The van der Waals surface area contributed by atoms with E-state index < -0.39 is 6.04 Å². The fourth-order valence-electron chi connectivity index (χ4n) is 3.19. The minimum Gasteiger partial charge on any atom is -0.338 e. The molecular formula is C21H30N4OS. The van der Waals surface area contributed by atoms with E-state index in [1.807, 2.05) is 36.1 Å². The van der Waals surface area contributed by atoms with E-state index in [0.717, 1.165) is 30.9 Å². The summed E-state index contributed by atoms with van der Waals surface area (Å²) in [4.78, 5) is 21.8. The number of hydrogen-bond acceptors (Lipinski definition) is 5. The molecule has 0 saturated carbocycles. The average Bonchev–Trinajstić information content (AvgIpc) is 3.11. The molecule has 1 amide bonds. The number of nitrogens with zero attached hydrogens (tertiary/aromatic N) is 3. The normalized spacial score (nSPS) is 17.1. The van der Waals surface area contributed by atoms with Crippen LogP contribution < -0.4 is 5.73 Å². The summed E-state index contributed by atoms with van der Waals surface area (Å²) < 4.78 is 0. The molecule has 0 aliphatic carbocycles. The second-order valence-corrected chi connectivity index (χ2v) is 9.24. The molecule has 0 bridgehead atoms. The van der Waals surface area contributed by atoms with Crippen LogP contribution in [-0.4, -0.2) is 46.9 Å². The Bertz CT molecular complexity index is 770. The zero-order chi connectivity index (χ0) is 19.6. The number of nitrogens with two attached hydrogens (primary N) is 1. The van der Waals surface area contributed by atoms with E-state index in [0.29, 0.717) is 13.1 Å². The molecule has 3 rings (SSSR count). The number of carbonyl (C=O) groups excluding carboxylic acids is 1. The van der Waals surface area contributed by atoms with E-state index in [4.69, 9.17) is 10.7 Å². The molecule has 1 aromatic carbocycles. The summed E-state index contributed by atoms with van der Waals surface area (Å²) in [5.41, 5.74) is 9.48. The lowest BCUT2D eigenvalue weighted by molar-refractivity contribution is -0.134. The number of aromatic nitrogens is 1. The van der Waals surface area contributed by atoms with Gasteiger partial charge in [-0.3, -0.25) is 9.69 Å². The third-order valence-electron chi connectivity index (χ3n) is 4.97. The number of aryl methyl sites for hydroxylation is 1. The SMILES string of the molecule is Cc1ccc(C(N)C(=O)N2CCN(Cc3csc(C(C)(C)C)n3)CC2)cc1. The molecule has 1 atom stereocenters. The molecule has 2 heterocycles. The highest BCUT2D eigenvalue weighted by Crippen LogP contribution is 2.26. The van der Waals surface area contributed by atoms with Crippen LogP contribution >= 0.6 is 11.3 Å². The van der Waals surface area contributed by atoms with E-state index in [-0.39, 0.29) is 11.3 Å². The van der Waals surface area contributed by atoms with Crippen molar-refractivity contribution in [2.45, 2.75) is 45.7 Å². The van der Waals surface area contributed by atoms with Crippen LogP contribution in [0.1, 0.15) is 48.6 Å². The molecule has 0 radical (unpaired) electrons. The van der Waals surface area contributed by atoms with Gasteiger partial charge in [-0.05, 0) is 12.5 Å². The van der Waals surface area contributed by atoms with Crippen LogP contribution in [0.4, 0.5) is 0 Å². The molecule has 0 spiro atoms. The van der Waals surface area contributed by atoms with Crippen molar-refractivity contribution in [3.63, 3.8) is 0 Å². The fourth-order valence-corrected chi connectivity index (χ4v) is 4.09. The van der Waals surface area contributed by atoms with Crippen molar-refractivity contribution >= 4 is 17.2 Å². The quantitative estimate of drug-likeness (QED) is 0.877. The van der Waals surface area contributed by atoms with Gasteiger partial charge >= 0.3 is 0 Å². The molecule has 2 N–H and O–H groups in total. The Morgan fingerprint density at radius 2 is 1.81 bits per heavy atom. The van der Waals surface area contributed by atoms with E-state index in [2.05, 4.69) is 31.1 Å². The Hall–Kier alpha value is -1.76. The molecule has 1 saturated heterocycles. The van der Waals surface area contributed by atoms with Gasteiger partial charge in [-0.15, -0.1) is 11.3 Å². The predicted octanol–water partition coefficient (Wildman–Crippen LogP) is 3.09. The van der Waals surface area contributed by atoms with Gasteiger partial charge in [-0.2, -0.15) is 0 Å². The number of thiazole rings is 1. The summed E-state index contributed by atoms with van der Waals surface area (Å²) in [5, 5.41) is 3.33. The maximum atomic E-state index is 12.7. The molecule has 1 unspecified atom stereocenters. The molecule has 1 fully saturated rings. The number of amides is 1. The van der Waals surface area contributed by atoms with Crippen molar-refractivity contribution in [1.29, 1.82) is 0 Å². The predicted molar refractivity (Wildman–Crippen MR) is 111 cm³/mol. The van der Waals surface area contributed by atoms with Gasteiger partial charge in [0.2, 0.25) is 5.91 Å². The first kappa shape index (κ1) is 20.0. The molecule has 27 heavy (non-hydrogen) atoms. The smallest absolute Gasteiger partial charge is 0.244 e. The maximum absolute atomic E-state index is 12.7. The Morgan fingerprint density at radius 3 is 2.37 bits per heavy atom. The molecule has 1 aliphatic heterocycles. The third kappa shape index (κ3) is 4.94. The number of hydrogen-bond donors (Lipinski definition) is 1. The van der Waals surface area contributed by atoms with Crippen molar-refractivity contribution in [3.05, 3.63) is 51.5 Å². The summed E-state index contributed by atoms with van der Waals surface area (Å²) in [6.07, 6.45) is 0. The van der Waals surface area contributed by atoms with Crippen molar-refractivity contribution in [1.82, 2.24) is 14.8 Å². The molecule has 1 aliphatic rings. The van der Waals surface area contributed by atoms with Gasteiger partial charge in [0.15, 0.2) is 0 Å². The molecular weight excluding hydrogens is 356 g/mol. The highest BCUT2D eigenvalue weighted by molar-refractivity contribution is 7.09. The fraction of sp³-hybridized carbons (Fsp3) is 0.524. The number of piperazine rings is 1. The van der Waals surface area contributed by atoms with E-state index in [1.165, 1.54) is 10.6 Å². The minimum absolute atomic E-state index is 0.0159. The monoisotopic (exact) mass is 386 g/mol. The highest BCUT2D eigenvalue weighted by atomic mass is 32.1. The van der Waals surface area contributed by atoms with Crippen molar-refractivity contribution in [2.24, 2.45) is 5.73 Å². The maximum Gasteiger partial charge on any atom is 0.244 e. The van der Waals surface area contributed by atoms with Gasteiger partial charge in [0, 0.05) is 43.5 Å². The highest BCUT2D eigenvalue weighted by Gasteiger charge is 2.27. The van der Waals surface area contributed by atoms with Crippen molar-refractivity contribution in [2.75, 3.05) is 26.2 Å². The summed E-state index contributed by atoms with van der Waals surface area (Å²) in [6, 6.07) is 7.32. The zero-order valence-electron chi connectivity index (χ0n) is 16.7. The third-order valence-corrected chi connectivity index (χ3v) is 6.28. The van der Waals surface area contributed by atoms with Crippen LogP contribution in [-0.2, 0) is 16.8 Å². The van der Waals surface area contributed by atoms with Gasteiger partial charge in [0.05, 0.1) is 10.7 Å². The van der Waals surface area contributed by atoms with E-state index in [9.17, 15) is 4.79 Å². The van der Waals surface area contributed by atoms with Gasteiger partial charge < -0.3 is 10.6 Å². The number of carbonyl (C=O) groups is 1. The second kappa shape index (κ2) is 8.09. The van der Waals surface area contributed by atoms with Gasteiger partial charge in [0.1, 0.15) is 6.04 Å². The summed E-state index contributed by atoms with van der Waals surface area (Å²) in [6.45, 7) is 12.6. The summed E-state index contributed by atoms with van der Waals surface area (Å²) in [7, 11) is 0. The Kier molecular flexibility index (Phi) is 5.99. The first-order chi connectivity index (χ1) is 12.7. The van der Waals surface area contributed by atoms with Gasteiger partial charge in [-0.1, -0.05) is 50.6 Å². The van der Waals surface area contributed by atoms with E-state index >= 15 is 0 Å². The standard InChI is InChI=1S/C21H30N4OS/c1-15-5-7-16(8-6-15)18(22)19(26)25-11-9-24(10-12-25)13-17-14-27-20(23-17)21(2,3)4/h5-8,14,18H,9-13,22H2,1-4H3. The van der Waals surface area contributed by atoms with Crippen LogP contribution in [0.2, 0.25) is 0 Å². The van der Waals surface area contributed by atoms with Gasteiger partial charge in [0.25, 0.3) is 0 Å². The van der Waals surface area contributed by atoms with Crippen molar-refractivity contribution in [3.8, 4) is 0 Å². The van der Waals surface area contributed by atoms with Crippen LogP contribution in [0.25, 0.3) is 0 Å². The van der Waals surface area contributed by atoms with Gasteiger partial charge in [-0.25, -0.2) is 4.98 Å². The Balaban J connectivity index is 1.53. The number of benzene rings is 1. The van der Waals surface area contributed by atoms with Crippen LogP contribution in [0.15, 0.2) is 29.6 Å². The number of rotatable bonds is 4. The zero-order valence-corrected chi connectivity index (χ0v) is 17.6. The largest absolute Gasteiger partial charge is 0.338 e. The average molecular weight is 387 g/mol. The summed E-state index contributed by atoms with van der Waals surface area (Å²) >= 11 is 1.73. The molecule has 2 aromatic rings. The molecule has 146 valence electrons. The lowest BCUT2D eigenvalue weighted by atomic mass is 9.98. The van der Waals surface area contributed by atoms with Crippen LogP contribution in [0.3, 0.4) is 0 Å². The van der Waals surface area contributed by atoms with Crippen LogP contribution in [0, 0.1) is 6.92 Å². The lowest BCUT2D eigenvalue weighted by Gasteiger charge is -2.35. The Labute approximate surface area is 166 Å². The second-order valence-electron chi connectivity index (χ2n) is 8.38. The van der Waals surface area contributed by atoms with E-state index in [1.54, 1.807) is 11.3 Å². The summed E-state index contributed by atoms with van der Waals surface area (Å²) in [5.74, 6) is 0.0159. The van der Waals surface area contributed by atoms with Crippen LogP contribution in [0.5, 0.6) is 0 Å². The molecule has 1 aromatic heterocycles. The molecule has 5 nitrogen and oxygen atoms in total. The lowest BCUT2D eigenvalue weighted by Crippen LogP contribution is -2.50. The molecule has 6 heteroatoms. The first-order valence-electron chi connectivity index (χ1n) is 9.52. The first-order valence-corrected chi connectivity index (χ1v) is 10.4. The van der Waals surface area contributed by atoms with Crippen molar-refractivity contribution < 1.29 is 4.79 Å². The minimum atomic E-state index is -0.579. The topological polar surface area (TPSA) is 62.5 Å². The Morgan fingerprint density at radius 1 is 1.19 bits per heavy atom.